The summed E-state index contributed by atoms with van der Waals surface area (Å²) in [6.45, 7) is 1.31. The molecule has 0 bridgehead atoms. The molecule has 130 valence electrons. The standard InChI is InChI=1S/C18H20BrN5O/c1-25-10-15-9-16(24-17(23-15)21-12-22-24)20-11-18(6-3-7-18)13-4-2-5-14(19)8-13/h2,4-5,8-9,12,20H,3,6-7,10-11H2,1H3. The number of aromatic nitrogens is 4. The van der Waals surface area contributed by atoms with Crippen LogP contribution in [0.2, 0.25) is 0 Å². The summed E-state index contributed by atoms with van der Waals surface area (Å²) in [6, 6.07) is 10.6. The van der Waals surface area contributed by atoms with Gasteiger partial charge in [0.2, 0.25) is 0 Å². The van der Waals surface area contributed by atoms with Crippen molar-refractivity contribution in [1.29, 1.82) is 0 Å². The smallest absolute Gasteiger partial charge is 0.254 e. The number of anilines is 1. The Morgan fingerprint density at radius 2 is 2.20 bits per heavy atom. The first-order valence-electron chi connectivity index (χ1n) is 8.39. The number of rotatable bonds is 6. The van der Waals surface area contributed by atoms with Crippen LogP contribution in [-0.2, 0) is 16.8 Å². The lowest BCUT2D eigenvalue weighted by Crippen LogP contribution is -2.41. The summed E-state index contributed by atoms with van der Waals surface area (Å²) in [7, 11) is 1.67. The largest absolute Gasteiger partial charge is 0.378 e. The summed E-state index contributed by atoms with van der Waals surface area (Å²) in [5, 5.41) is 7.87. The Balaban J connectivity index is 1.62. The highest BCUT2D eigenvalue weighted by atomic mass is 79.9. The van der Waals surface area contributed by atoms with E-state index in [4.69, 9.17) is 4.74 Å². The van der Waals surface area contributed by atoms with Gasteiger partial charge in [-0.2, -0.15) is 14.6 Å². The molecule has 2 aromatic heterocycles. The molecule has 0 saturated heterocycles. The molecule has 0 spiro atoms. The fourth-order valence-corrected chi connectivity index (χ4v) is 3.86. The zero-order valence-electron chi connectivity index (χ0n) is 14.1. The molecule has 0 unspecified atom stereocenters. The summed E-state index contributed by atoms with van der Waals surface area (Å²) >= 11 is 3.59. The van der Waals surface area contributed by atoms with Gasteiger partial charge < -0.3 is 10.1 Å². The number of methoxy groups -OCH3 is 1. The lowest BCUT2D eigenvalue weighted by atomic mass is 9.64. The molecule has 7 heteroatoms. The van der Waals surface area contributed by atoms with Crippen molar-refractivity contribution in [2.45, 2.75) is 31.3 Å². The van der Waals surface area contributed by atoms with Gasteiger partial charge in [0.05, 0.1) is 12.3 Å². The van der Waals surface area contributed by atoms with Gasteiger partial charge in [-0.3, -0.25) is 0 Å². The Morgan fingerprint density at radius 1 is 1.32 bits per heavy atom. The SMILES string of the molecule is COCc1cc(NCC2(c3cccc(Br)c3)CCC2)n2ncnc2n1. The molecule has 2 heterocycles. The lowest BCUT2D eigenvalue weighted by Gasteiger charge is -2.43. The quantitative estimate of drug-likeness (QED) is 0.683. The zero-order chi connectivity index (χ0) is 17.3. The normalized spacial score (nSPS) is 15.9. The molecule has 3 aromatic rings. The van der Waals surface area contributed by atoms with Crippen LogP contribution in [0.5, 0.6) is 0 Å². The molecule has 6 nitrogen and oxygen atoms in total. The van der Waals surface area contributed by atoms with Crippen LogP contribution >= 0.6 is 15.9 Å². The molecule has 25 heavy (non-hydrogen) atoms. The van der Waals surface area contributed by atoms with Crippen molar-refractivity contribution < 1.29 is 4.74 Å². The molecule has 1 fully saturated rings. The van der Waals surface area contributed by atoms with E-state index in [-0.39, 0.29) is 5.41 Å². The fourth-order valence-electron chi connectivity index (χ4n) is 3.46. The predicted molar refractivity (Wildman–Crippen MR) is 99.7 cm³/mol. The number of nitrogens with zero attached hydrogens (tertiary/aromatic N) is 4. The molecular weight excluding hydrogens is 382 g/mol. The van der Waals surface area contributed by atoms with Gasteiger partial charge in [0.15, 0.2) is 0 Å². The Hall–Kier alpha value is -1.99. The minimum atomic E-state index is 0.168. The van der Waals surface area contributed by atoms with Crippen LogP contribution in [0.15, 0.2) is 41.1 Å². The van der Waals surface area contributed by atoms with E-state index in [9.17, 15) is 0 Å². The van der Waals surface area contributed by atoms with Gasteiger partial charge in [0.1, 0.15) is 12.1 Å². The van der Waals surface area contributed by atoms with Crippen molar-refractivity contribution in [2.75, 3.05) is 19.0 Å². The maximum atomic E-state index is 5.22. The van der Waals surface area contributed by atoms with Gasteiger partial charge >= 0.3 is 0 Å². The van der Waals surface area contributed by atoms with Crippen molar-refractivity contribution in [1.82, 2.24) is 19.6 Å². The topological polar surface area (TPSA) is 64.3 Å². The van der Waals surface area contributed by atoms with Crippen LogP contribution in [0, 0.1) is 0 Å². The van der Waals surface area contributed by atoms with E-state index in [0.29, 0.717) is 12.4 Å². The second kappa shape index (κ2) is 6.72. The number of ether oxygens (including phenoxy) is 1. The molecule has 0 amide bonds. The summed E-state index contributed by atoms with van der Waals surface area (Å²) < 4.78 is 8.08. The van der Waals surface area contributed by atoms with Crippen molar-refractivity contribution in [2.24, 2.45) is 0 Å². The van der Waals surface area contributed by atoms with E-state index in [0.717, 1.165) is 22.5 Å². The number of hydrogen-bond acceptors (Lipinski definition) is 5. The Bertz CT molecular complexity index is 890. The minimum absolute atomic E-state index is 0.168. The first-order chi connectivity index (χ1) is 12.2. The average Bonchev–Trinajstić information content (AvgIpc) is 3.03. The maximum absolute atomic E-state index is 5.22. The Labute approximate surface area is 154 Å². The van der Waals surface area contributed by atoms with Gasteiger partial charge in [0.25, 0.3) is 5.78 Å². The van der Waals surface area contributed by atoms with Crippen LogP contribution in [0.3, 0.4) is 0 Å². The van der Waals surface area contributed by atoms with E-state index in [1.54, 1.807) is 11.6 Å². The predicted octanol–water partition coefficient (Wildman–Crippen LogP) is 3.57. The van der Waals surface area contributed by atoms with E-state index in [2.05, 4.69) is 60.6 Å². The van der Waals surface area contributed by atoms with E-state index in [1.807, 2.05) is 6.07 Å². The molecule has 1 aliphatic carbocycles. The monoisotopic (exact) mass is 401 g/mol. The van der Waals surface area contributed by atoms with E-state index < -0.39 is 0 Å². The lowest BCUT2D eigenvalue weighted by molar-refractivity contribution is 0.181. The van der Waals surface area contributed by atoms with Crippen LogP contribution in [-0.4, -0.2) is 33.2 Å². The van der Waals surface area contributed by atoms with Crippen LogP contribution < -0.4 is 5.32 Å². The van der Waals surface area contributed by atoms with Gasteiger partial charge in [-0.1, -0.05) is 34.5 Å². The maximum Gasteiger partial charge on any atom is 0.254 e. The molecule has 0 atom stereocenters. The molecule has 1 aliphatic rings. The second-order valence-electron chi connectivity index (χ2n) is 6.54. The second-order valence-corrected chi connectivity index (χ2v) is 7.45. The van der Waals surface area contributed by atoms with Crippen molar-refractivity contribution in [3.8, 4) is 0 Å². The first kappa shape index (κ1) is 16.5. The number of hydrogen-bond donors (Lipinski definition) is 1. The zero-order valence-corrected chi connectivity index (χ0v) is 15.7. The number of nitrogens with one attached hydrogen (secondary N) is 1. The number of benzene rings is 1. The van der Waals surface area contributed by atoms with Gasteiger partial charge in [-0.25, -0.2) is 4.98 Å². The summed E-state index contributed by atoms with van der Waals surface area (Å²) in [4.78, 5) is 8.66. The number of fused-ring (bicyclic) bond motifs is 1. The van der Waals surface area contributed by atoms with Gasteiger partial charge in [-0.05, 0) is 30.5 Å². The summed E-state index contributed by atoms with van der Waals surface area (Å²) in [5.41, 5.74) is 2.39. The molecule has 4 rings (SSSR count). The van der Waals surface area contributed by atoms with Crippen molar-refractivity contribution in [3.05, 3.63) is 52.4 Å². The van der Waals surface area contributed by atoms with Crippen LogP contribution in [0.25, 0.3) is 5.78 Å². The molecule has 1 aromatic carbocycles. The van der Waals surface area contributed by atoms with Crippen LogP contribution in [0.4, 0.5) is 5.82 Å². The van der Waals surface area contributed by atoms with Gasteiger partial charge in [-0.15, -0.1) is 0 Å². The number of halogens is 1. The summed E-state index contributed by atoms with van der Waals surface area (Å²) in [6.07, 6.45) is 5.16. The third kappa shape index (κ3) is 3.14. The third-order valence-corrected chi connectivity index (χ3v) is 5.45. The molecule has 0 radical (unpaired) electrons. The highest BCUT2D eigenvalue weighted by molar-refractivity contribution is 9.10. The Kier molecular flexibility index (Phi) is 4.43. The first-order valence-corrected chi connectivity index (χ1v) is 9.18. The molecule has 1 saturated carbocycles. The summed E-state index contributed by atoms with van der Waals surface area (Å²) in [5.74, 6) is 1.48. The fraction of sp³-hybridized carbons (Fsp3) is 0.389. The highest BCUT2D eigenvalue weighted by Gasteiger charge is 2.38. The van der Waals surface area contributed by atoms with E-state index >= 15 is 0 Å². The van der Waals surface area contributed by atoms with Crippen LogP contribution in [0.1, 0.15) is 30.5 Å². The van der Waals surface area contributed by atoms with Gasteiger partial charge in [0, 0.05) is 29.6 Å². The van der Waals surface area contributed by atoms with Crippen molar-refractivity contribution in [3.63, 3.8) is 0 Å². The molecule has 1 N–H and O–H groups in total. The third-order valence-electron chi connectivity index (χ3n) is 4.95. The minimum Gasteiger partial charge on any atom is -0.378 e. The van der Waals surface area contributed by atoms with Crippen molar-refractivity contribution >= 4 is 27.5 Å². The Morgan fingerprint density at radius 3 is 2.92 bits per heavy atom. The molecular formula is C18H20BrN5O. The average molecular weight is 402 g/mol. The molecule has 0 aliphatic heterocycles. The highest BCUT2D eigenvalue weighted by Crippen LogP contribution is 2.44. The van der Waals surface area contributed by atoms with E-state index in [1.165, 1.54) is 31.2 Å².